The molecule has 0 spiro atoms. The highest BCUT2D eigenvalue weighted by molar-refractivity contribution is 5.75. The molecule has 16 heavy (non-hydrogen) atoms. The van der Waals surface area contributed by atoms with Crippen molar-refractivity contribution in [3.8, 4) is 0 Å². The zero-order chi connectivity index (χ0) is 12.2. The molecule has 4 heteroatoms. The van der Waals surface area contributed by atoms with Crippen LogP contribution in [-0.2, 0) is 4.79 Å². The molecule has 1 atom stereocenters. The van der Waals surface area contributed by atoms with Crippen molar-refractivity contribution in [1.29, 1.82) is 0 Å². The van der Waals surface area contributed by atoms with E-state index < -0.39 is 0 Å². The van der Waals surface area contributed by atoms with Crippen LogP contribution in [0.3, 0.4) is 0 Å². The average molecular weight is 229 g/mol. The van der Waals surface area contributed by atoms with E-state index in [1.807, 2.05) is 6.92 Å². The Bertz CT molecular complexity index is 172. The quantitative estimate of drug-likeness (QED) is 0.491. The van der Waals surface area contributed by atoms with E-state index in [4.69, 9.17) is 11.5 Å². The van der Waals surface area contributed by atoms with Crippen molar-refractivity contribution in [1.82, 2.24) is 5.32 Å². The number of amides is 1. The zero-order valence-electron chi connectivity index (χ0n) is 10.5. The molecule has 0 heterocycles. The Morgan fingerprint density at radius 2 is 1.81 bits per heavy atom. The number of hydrogen-bond donors (Lipinski definition) is 3. The van der Waals surface area contributed by atoms with Crippen LogP contribution >= 0.6 is 0 Å². The van der Waals surface area contributed by atoms with Crippen molar-refractivity contribution in [3.63, 3.8) is 0 Å². The highest BCUT2D eigenvalue weighted by atomic mass is 16.1. The second-order valence-corrected chi connectivity index (χ2v) is 4.42. The molecule has 0 bridgehead atoms. The van der Waals surface area contributed by atoms with Gasteiger partial charge in [-0.05, 0) is 19.8 Å². The Hall–Kier alpha value is -0.610. The monoisotopic (exact) mass is 229 g/mol. The SMILES string of the molecule is CC(N)CCCCCCCC(=O)NCCN. The van der Waals surface area contributed by atoms with Crippen LogP contribution in [0.5, 0.6) is 0 Å². The number of nitrogens with two attached hydrogens (primary N) is 2. The largest absolute Gasteiger partial charge is 0.355 e. The fourth-order valence-corrected chi connectivity index (χ4v) is 1.58. The lowest BCUT2D eigenvalue weighted by atomic mass is 10.1. The standard InChI is InChI=1S/C12H27N3O/c1-11(14)7-5-3-2-4-6-8-12(16)15-10-9-13/h11H,2-10,13-14H2,1H3,(H,15,16). The van der Waals surface area contributed by atoms with Gasteiger partial charge in [0.25, 0.3) is 0 Å². The van der Waals surface area contributed by atoms with Crippen molar-refractivity contribution in [2.45, 2.75) is 57.9 Å². The molecule has 1 amide bonds. The lowest BCUT2D eigenvalue weighted by Crippen LogP contribution is -2.28. The van der Waals surface area contributed by atoms with Crippen LogP contribution in [0.15, 0.2) is 0 Å². The van der Waals surface area contributed by atoms with Gasteiger partial charge in [-0.25, -0.2) is 0 Å². The molecule has 0 fully saturated rings. The Morgan fingerprint density at radius 1 is 1.19 bits per heavy atom. The molecule has 1 unspecified atom stereocenters. The van der Waals surface area contributed by atoms with Gasteiger partial charge in [0.05, 0.1) is 0 Å². The lowest BCUT2D eigenvalue weighted by molar-refractivity contribution is -0.121. The Morgan fingerprint density at radius 3 is 2.44 bits per heavy atom. The van der Waals surface area contributed by atoms with E-state index in [9.17, 15) is 4.79 Å². The van der Waals surface area contributed by atoms with Gasteiger partial charge < -0.3 is 16.8 Å². The first-order chi connectivity index (χ1) is 7.66. The summed E-state index contributed by atoms with van der Waals surface area (Å²) < 4.78 is 0. The van der Waals surface area contributed by atoms with E-state index in [1.54, 1.807) is 0 Å². The minimum Gasteiger partial charge on any atom is -0.355 e. The molecule has 0 radical (unpaired) electrons. The van der Waals surface area contributed by atoms with Crippen LogP contribution in [0, 0.1) is 0 Å². The van der Waals surface area contributed by atoms with E-state index in [0.717, 1.165) is 19.3 Å². The summed E-state index contributed by atoms with van der Waals surface area (Å²) in [4.78, 5) is 11.2. The highest BCUT2D eigenvalue weighted by Crippen LogP contribution is 2.07. The molecule has 0 aliphatic rings. The first-order valence-electron chi connectivity index (χ1n) is 6.39. The van der Waals surface area contributed by atoms with Gasteiger partial charge in [-0.15, -0.1) is 0 Å². The summed E-state index contributed by atoms with van der Waals surface area (Å²) in [5.74, 6) is 0.126. The molecule has 96 valence electrons. The van der Waals surface area contributed by atoms with Crippen LogP contribution in [-0.4, -0.2) is 25.0 Å². The zero-order valence-corrected chi connectivity index (χ0v) is 10.5. The van der Waals surface area contributed by atoms with Crippen LogP contribution in [0.2, 0.25) is 0 Å². The third-order valence-corrected chi connectivity index (χ3v) is 2.53. The van der Waals surface area contributed by atoms with E-state index in [0.29, 0.717) is 25.6 Å². The van der Waals surface area contributed by atoms with Gasteiger partial charge in [0.2, 0.25) is 5.91 Å². The van der Waals surface area contributed by atoms with E-state index >= 15 is 0 Å². The topological polar surface area (TPSA) is 81.1 Å². The van der Waals surface area contributed by atoms with Crippen LogP contribution in [0.25, 0.3) is 0 Å². The summed E-state index contributed by atoms with van der Waals surface area (Å²) in [7, 11) is 0. The van der Waals surface area contributed by atoms with Gasteiger partial charge in [0.1, 0.15) is 0 Å². The minimum absolute atomic E-state index is 0.126. The Kier molecular flexibility index (Phi) is 10.5. The molecule has 0 aliphatic carbocycles. The summed E-state index contributed by atoms with van der Waals surface area (Å²) >= 11 is 0. The van der Waals surface area contributed by atoms with Gasteiger partial charge in [-0.3, -0.25) is 4.79 Å². The molecular formula is C12H27N3O. The predicted molar refractivity (Wildman–Crippen MR) is 68.0 cm³/mol. The van der Waals surface area contributed by atoms with E-state index in [-0.39, 0.29) is 5.91 Å². The number of carbonyl (C=O) groups is 1. The van der Waals surface area contributed by atoms with Crippen LogP contribution in [0.4, 0.5) is 0 Å². The fraction of sp³-hybridized carbons (Fsp3) is 0.917. The van der Waals surface area contributed by atoms with Crippen LogP contribution < -0.4 is 16.8 Å². The highest BCUT2D eigenvalue weighted by Gasteiger charge is 1.99. The number of carbonyl (C=O) groups excluding carboxylic acids is 1. The van der Waals surface area contributed by atoms with Gasteiger partial charge in [0.15, 0.2) is 0 Å². The first-order valence-corrected chi connectivity index (χ1v) is 6.39. The van der Waals surface area contributed by atoms with Crippen molar-refractivity contribution >= 4 is 5.91 Å². The van der Waals surface area contributed by atoms with E-state index in [2.05, 4.69) is 5.32 Å². The van der Waals surface area contributed by atoms with Crippen molar-refractivity contribution in [2.24, 2.45) is 11.5 Å². The molecule has 0 aromatic heterocycles. The summed E-state index contributed by atoms with van der Waals surface area (Å²) in [6, 6.07) is 0.321. The molecule has 0 aromatic carbocycles. The normalized spacial score (nSPS) is 12.4. The molecule has 0 saturated heterocycles. The molecule has 0 aliphatic heterocycles. The molecule has 4 nitrogen and oxygen atoms in total. The Labute approximate surface area is 99.1 Å². The van der Waals surface area contributed by atoms with Gasteiger partial charge in [0, 0.05) is 25.6 Å². The maximum atomic E-state index is 11.2. The number of rotatable bonds is 10. The predicted octanol–water partition coefficient (Wildman–Crippen LogP) is 1.14. The van der Waals surface area contributed by atoms with Crippen molar-refractivity contribution in [2.75, 3.05) is 13.1 Å². The number of nitrogens with one attached hydrogen (secondary N) is 1. The summed E-state index contributed by atoms with van der Waals surface area (Å²) in [5, 5.41) is 2.77. The van der Waals surface area contributed by atoms with Crippen molar-refractivity contribution in [3.05, 3.63) is 0 Å². The molecule has 0 rings (SSSR count). The molecule has 5 N–H and O–H groups in total. The third-order valence-electron chi connectivity index (χ3n) is 2.53. The summed E-state index contributed by atoms with van der Waals surface area (Å²) in [6.07, 6.45) is 7.49. The fourth-order valence-electron chi connectivity index (χ4n) is 1.58. The Balaban J connectivity index is 3.11. The second kappa shape index (κ2) is 10.9. The molecular weight excluding hydrogens is 202 g/mol. The van der Waals surface area contributed by atoms with Crippen LogP contribution in [0.1, 0.15) is 51.9 Å². The lowest BCUT2D eigenvalue weighted by Gasteiger charge is -2.05. The smallest absolute Gasteiger partial charge is 0.220 e. The maximum Gasteiger partial charge on any atom is 0.220 e. The third kappa shape index (κ3) is 11.5. The molecule has 0 saturated carbocycles. The maximum absolute atomic E-state index is 11.2. The summed E-state index contributed by atoms with van der Waals surface area (Å²) in [6.45, 7) is 3.15. The van der Waals surface area contributed by atoms with Gasteiger partial charge >= 0.3 is 0 Å². The van der Waals surface area contributed by atoms with Gasteiger partial charge in [-0.1, -0.05) is 25.7 Å². The van der Waals surface area contributed by atoms with E-state index in [1.165, 1.54) is 19.3 Å². The summed E-state index contributed by atoms with van der Waals surface area (Å²) in [5.41, 5.74) is 10.9. The number of unbranched alkanes of at least 4 members (excludes halogenated alkanes) is 4. The van der Waals surface area contributed by atoms with Gasteiger partial charge in [-0.2, -0.15) is 0 Å². The molecule has 0 aromatic rings. The minimum atomic E-state index is 0.126. The average Bonchev–Trinajstić information content (AvgIpc) is 2.24. The number of hydrogen-bond acceptors (Lipinski definition) is 3. The van der Waals surface area contributed by atoms with Crippen molar-refractivity contribution < 1.29 is 4.79 Å². The first kappa shape index (κ1) is 15.4. The second-order valence-electron chi connectivity index (χ2n) is 4.42.